The summed E-state index contributed by atoms with van der Waals surface area (Å²) in [4.78, 5) is 12.4. The quantitative estimate of drug-likeness (QED) is 0.0537. The highest BCUT2D eigenvalue weighted by Crippen LogP contribution is 2.16. The molecule has 0 aliphatic rings. The Morgan fingerprint density at radius 2 is 0.744 bits per heavy atom. The Morgan fingerprint density at radius 3 is 1.05 bits per heavy atom. The Bertz CT molecular complexity index is 558. The van der Waals surface area contributed by atoms with Crippen molar-refractivity contribution in [1.29, 1.82) is 0 Å². The van der Waals surface area contributed by atoms with E-state index in [4.69, 9.17) is 0 Å². The second kappa shape index (κ2) is 34.2. The molecule has 0 saturated carbocycles. The molecule has 0 aliphatic heterocycles. The highest BCUT2D eigenvalue weighted by atomic mass is 16.3. The number of rotatable bonds is 35. The lowest BCUT2D eigenvalue weighted by atomic mass is 10.0. The number of aliphatic hydroxyl groups excluding tert-OH is 3. The Kier molecular flexibility index (Phi) is 33.7. The molecule has 0 aliphatic carbocycles. The largest absolute Gasteiger partial charge is 0.394 e. The Labute approximate surface area is 268 Å². The molecule has 0 heterocycles. The van der Waals surface area contributed by atoms with Crippen LogP contribution in [0, 0.1) is 0 Å². The summed E-state index contributed by atoms with van der Waals surface area (Å²) in [6, 6.07) is -0.704. The Hall–Kier alpha value is -0.650. The van der Waals surface area contributed by atoms with Crippen molar-refractivity contribution in [1.82, 2.24) is 5.32 Å². The molecule has 0 fully saturated rings. The number of unbranched alkanes of at least 4 members (excludes halogenated alkanes) is 27. The molecule has 5 nitrogen and oxygen atoms in total. The molecular weight excluding hydrogens is 534 g/mol. The van der Waals surface area contributed by atoms with Crippen molar-refractivity contribution < 1.29 is 20.1 Å². The second-order valence-electron chi connectivity index (χ2n) is 13.5. The SMILES string of the molecule is CCCCCCCCCCCCCCCCCC(O)C(CO)NC(=O)C(O)CCCCCCCCCCCCCCCC. The minimum absolute atomic E-state index is 0.308. The molecule has 0 rings (SSSR count). The second-order valence-corrected chi connectivity index (χ2v) is 13.5. The number of hydrogen-bond donors (Lipinski definition) is 4. The third-order valence-corrected chi connectivity index (χ3v) is 9.23. The van der Waals surface area contributed by atoms with Gasteiger partial charge in [-0.3, -0.25) is 4.79 Å². The average molecular weight is 612 g/mol. The first-order valence-electron chi connectivity index (χ1n) is 19.3. The smallest absolute Gasteiger partial charge is 0.249 e. The van der Waals surface area contributed by atoms with Gasteiger partial charge in [0.2, 0.25) is 5.91 Å². The lowest BCUT2D eigenvalue weighted by molar-refractivity contribution is -0.131. The average Bonchev–Trinajstić information content (AvgIpc) is 3.01. The molecule has 0 radical (unpaired) electrons. The van der Waals surface area contributed by atoms with Gasteiger partial charge < -0.3 is 20.6 Å². The summed E-state index contributed by atoms with van der Waals surface area (Å²) in [5, 5.41) is 33.2. The maximum absolute atomic E-state index is 12.4. The number of aliphatic hydroxyl groups is 3. The molecular formula is C38H77NO4. The van der Waals surface area contributed by atoms with Crippen molar-refractivity contribution in [2.45, 2.75) is 231 Å². The maximum atomic E-state index is 12.4. The fourth-order valence-corrected chi connectivity index (χ4v) is 6.13. The van der Waals surface area contributed by atoms with Crippen molar-refractivity contribution in [2.75, 3.05) is 6.61 Å². The van der Waals surface area contributed by atoms with E-state index in [1.807, 2.05) is 0 Å². The van der Waals surface area contributed by atoms with E-state index < -0.39 is 24.2 Å². The van der Waals surface area contributed by atoms with Gasteiger partial charge in [0.25, 0.3) is 0 Å². The molecule has 0 saturated heterocycles. The lowest BCUT2D eigenvalue weighted by Crippen LogP contribution is -2.49. The van der Waals surface area contributed by atoms with E-state index in [-0.39, 0.29) is 6.61 Å². The van der Waals surface area contributed by atoms with Crippen LogP contribution in [0.4, 0.5) is 0 Å². The molecule has 0 aromatic heterocycles. The summed E-state index contributed by atoms with van der Waals surface area (Å²) in [6.45, 7) is 4.23. The number of nitrogens with one attached hydrogen (secondary N) is 1. The van der Waals surface area contributed by atoms with Crippen LogP contribution in [0.5, 0.6) is 0 Å². The van der Waals surface area contributed by atoms with Gasteiger partial charge in [-0.1, -0.05) is 200 Å². The van der Waals surface area contributed by atoms with Crippen LogP contribution >= 0.6 is 0 Å². The van der Waals surface area contributed by atoms with Crippen LogP contribution < -0.4 is 5.32 Å². The van der Waals surface area contributed by atoms with Gasteiger partial charge in [-0.15, -0.1) is 0 Å². The van der Waals surface area contributed by atoms with Crippen LogP contribution in [0.25, 0.3) is 0 Å². The first-order chi connectivity index (χ1) is 21.1. The first kappa shape index (κ1) is 42.3. The minimum atomic E-state index is -1.07. The van der Waals surface area contributed by atoms with E-state index >= 15 is 0 Å². The van der Waals surface area contributed by atoms with Gasteiger partial charge in [0, 0.05) is 0 Å². The van der Waals surface area contributed by atoms with Gasteiger partial charge in [-0.2, -0.15) is 0 Å². The fraction of sp³-hybridized carbons (Fsp3) is 0.974. The van der Waals surface area contributed by atoms with Crippen LogP contribution in [-0.2, 0) is 4.79 Å². The molecule has 0 aromatic rings. The number of carbonyl (C=O) groups excluding carboxylic acids is 1. The number of hydrogen-bond acceptors (Lipinski definition) is 4. The Balaban J connectivity index is 3.64. The summed E-state index contributed by atoms with van der Waals surface area (Å²) in [7, 11) is 0. The van der Waals surface area contributed by atoms with Crippen LogP contribution in [0.3, 0.4) is 0 Å². The normalized spacial score (nSPS) is 13.7. The van der Waals surface area contributed by atoms with Crippen LogP contribution in [0.15, 0.2) is 0 Å². The van der Waals surface area contributed by atoms with Crippen molar-refractivity contribution in [3.63, 3.8) is 0 Å². The zero-order valence-electron chi connectivity index (χ0n) is 29.1. The zero-order chi connectivity index (χ0) is 31.6. The van der Waals surface area contributed by atoms with Gasteiger partial charge in [-0.25, -0.2) is 0 Å². The number of amides is 1. The van der Waals surface area contributed by atoms with Crippen molar-refractivity contribution >= 4 is 5.91 Å². The summed E-state index contributed by atoms with van der Waals surface area (Å²) in [6.07, 6.45) is 36.5. The van der Waals surface area contributed by atoms with Crippen LogP contribution in [0.1, 0.15) is 213 Å². The fourth-order valence-electron chi connectivity index (χ4n) is 6.13. The van der Waals surface area contributed by atoms with E-state index in [1.54, 1.807) is 0 Å². The van der Waals surface area contributed by atoms with E-state index in [2.05, 4.69) is 19.2 Å². The third-order valence-electron chi connectivity index (χ3n) is 9.23. The standard InChI is InChI=1S/C38H77NO4/c1-3-5-7-9-11-13-15-17-19-21-22-24-26-28-30-32-36(41)35(34-40)39-38(43)37(42)33-31-29-27-25-23-20-18-16-14-12-10-8-6-4-2/h35-37,40-42H,3-34H2,1-2H3,(H,39,43). The summed E-state index contributed by atoms with van der Waals surface area (Å²) in [5.41, 5.74) is 0. The molecule has 0 aromatic carbocycles. The molecule has 5 heteroatoms. The zero-order valence-corrected chi connectivity index (χ0v) is 29.1. The van der Waals surface area contributed by atoms with Gasteiger partial charge in [0.15, 0.2) is 0 Å². The van der Waals surface area contributed by atoms with Gasteiger partial charge >= 0.3 is 0 Å². The molecule has 1 amide bonds. The summed E-state index contributed by atoms with van der Waals surface area (Å²) >= 11 is 0. The highest BCUT2D eigenvalue weighted by Gasteiger charge is 2.23. The monoisotopic (exact) mass is 612 g/mol. The molecule has 258 valence electrons. The topological polar surface area (TPSA) is 89.8 Å². The predicted molar refractivity (Wildman–Crippen MR) is 186 cm³/mol. The molecule has 4 N–H and O–H groups in total. The third kappa shape index (κ3) is 29.8. The molecule has 43 heavy (non-hydrogen) atoms. The first-order valence-corrected chi connectivity index (χ1v) is 19.3. The summed E-state index contributed by atoms with van der Waals surface area (Å²) in [5.74, 6) is -0.468. The minimum Gasteiger partial charge on any atom is -0.394 e. The van der Waals surface area contributed by atoms with Gasteiger partial charge in [0.05, 0.1) is 18.8 Å². The van der Waals surface area contributed by atoms with Crippen LogP contribution in [0.2, 0.25) is 0 Å². The van der Waals surface area contributed by atoms with Crippen LogP contribution in [-0.4, -0.2) is 46.1 Å². The van der Waals surface area contributed by atoms with E-state index in [0.717, 1.165) is 32.1 Å². The molecule has 0 spiro atoms. The predicted octanol–water partition coefficient (Wildman–Crippen LogP) is 10.3. The van der Waals surface area contributed by atoms with Gasteiger partial charge in [-0.05, 0) is 12.8 Å². The molecule has 0 bridgehead atoms. The molecule has 3 unspecified atom stereocenters. The number of carbonyl (C=O) groups is 1. The van der Waals surface area contributed by atoms with E-state index in [0.29, 0.717) is 12.8 Å². The highest BCUT2D eigenvalue weighted by molar-refractivity contribution is 5.80. The Morgan fingerprint density at radius 1 is 0.465 bits per heavy atom. The van der Waals surface area contributed by atoms with Gasteiger partial charge in [0.1, 0.15) is 6.10 Å². The molecule has 3 atom stereocenters. The van der Waals surface area contributed by atoms with Crippen molar-refractivity contribution in [2.24, 2.45) is 0 Å². The van der Waals surface area contributed by atoms with E-state index in [9.17, 15) is 20.1 Å². The van der Waals surface area contributed by atoms with E-state index in [1.165, 1.54) is 154 Å². The lowest BCUT2D eigenvalue weighted by Gasteiger charge is -2.23. The summed E-state index contributed by atoms with van der Waals surface area (Å²) < 4.78 is 0. The maximum Gasteiger partial charge on any atom is 0.249 e. The van der Waals surface area contributed by atoms with Crippen molar-refractivity contribution in [3.05, 3.63) is 0 Å². The van der Waals surface area contributed by atoms with Crippen molar-refractivity contribution in [3.8, 4) is 0 Å².